The molecule has 1 saturated heterocycles. The van der Waals surface area contributed by atoms with Crippen LogP contribution in [0.2, 0.25) is 0 Å². The van der Waals surface area contributed by atoms with Crippen LogP contribution in [0.15, 0.2) is 22.7 Å². The predicted molar refractivity (Wildman–Crippen MR) is 116 cm³/mol. The zero-order chi connectivity index (χ0) is 21.0. The van der Waals surface area contributed by atoms with Crippen molar-refractivity contribution in [1.82, 2.24) is 14.9 Å². The van der Waals surface area contributed by atoms with Crippen molar-refractivity contribution in [3.05, 3.63) is 33.9 Å². The van der Waals surface area contributed by atoms with Gasteiger partial charge in [0.05, 0.1) is 27.5 Å². The molecule has 156 valence electrons. The largest absolute Gasteiger partial charge is 0.490 e. The summed E-state index contributed by atoms with van der Waals surface area (Å²) < 4.78 is 12.3. The van der Waals surface area contributed by atoms with Gasteiger partial charge in [-0.2, -0.15) is 0 Å². The van der Waals surface area contributed by atoms with E-state index in [-0.39, 0.29) is 18.0 Å². The standard InChI is InChI=1S/C21H27BrN4O3/c1-4-26(5-2)20(27)18-13(3)24-21(23)25-19(18)14-8-9-17(16(22)11-14)29-12-15-7-6-10-28-15/h8-9,11,15H,4-7,10,12H2,1-3H3,(H2,23,24,25). The maximum atomic E-state index is 13.1. The first kappa shape index (κ1) is 21.5. The van der Waals surface area contributed by atoms with Gasteiger partial charge in [-0.05, 0) is 67.7 Å². The molecule has 0 bridgehead atoms. The lowest BCUT2D eigenvalue weighted by atomic mass is 10.0. The lowest BCUT2D eigenvalue weighted by Crippen LogP contribution is -2.32. The molecule has 1 unspecified atom stereocenters. The number of ether oxygens (including phenoxy) is 2. The number of hydrogen-bond donors (Lipinski definition) is 1. The molecule has 0 saturated carbocycles. The second-order valence-electron chi connectivity index (χ2n) is 6.96. The second kappa shape index (κ2) is 9.54. The fourth-order valence-corrected chi connectivity index (χ4v) is 3.95. The van der Waals surface area contributed by atoms with E-state index in [1.54, 1.807) is 11.8 Å². The average molecular weight is 463 g/mol. The van der Waals surface area contributed by atoms with Crippen LogP contribution in [-0.4, -0.2) is 53.2 Å². The Morgan fingerprint density at radius 1 is 1.34 bits per heavy atom. The zero-order valence-electron chi connectivity index (χ0n) is 17.1. The molecule has 1 atom stereocenters. The van der Waals surface area contributed by atoms with Gasteiger partial charge in [-0.1, -0.05) is 0 Å². The lowest BCUT2D eigenvalue weighted by Gasteiger charge is -2.21. The highest BCUT2D eigenvalue weighted by molar-refractivity contribution is 9.10. The highest BCUT2D eigenvalue weighted by Gasteiger charge is 2.23. The molecule has 2 N–H and O–H groups in total. The van der Waals surface area contributed by atoms with Crippen molar-refractivity contribution < 1.29 is 14.3 Å². The van der Waals surface area contributed by atoms with Gasteiger partial charge in [0.2, 0.25) is 5.95 Å². The first-order valence-corrected chi connectivity index (χ1v) is 10.7. The zero-order valence-corrected chi connectivity index (χ0v) is 18.7. The van der Waals surface area contributed by atoms with Crippen LogP contribution in [0.4, 0.5) is 5.95 Å². The highest BCUT2D eigenvalue weighted by atomic mass is 79.9. The van der Waals surface area contributed by atoms with Crippen LogP contribution in [0.25, 0.3) is 11.3 Å². The molecule has 0 spiro atoms. The number of nitrogen functional groups attached to an aromatic ring is 1. The van der Waals surface area contributed by atoms with Crippen molar-refractivity contribution in [2.24, 2.45) is 0 Å². The average Bonchev–Trinajstić information content (AvgIpc) is 3.20. The number of nitrogens with zero attached hydrogens (tertiary/aromatic N) is 3. The van der Waals surface area contributed by atoms with Gasteiger partial charge >= 0.3 is 0 Å². The van der Waals surface area contributed by atoms with Crippen molar-refractivity contribution in [2.45, 2.75) is 39.7 Å². The van der Waals surface area contributed by atoms with Gasteiger partial charge in [0, 0.05) is 25.3 Å². The summed E-state index contributed by atoms with van der Waals surface area (Å²) >= 11 is 3.57. The number of halogens is 1. The number of anilines is 1. The van der Waals surface area contributed by atoms with Crippen molar-refractivity contribution in [2.75, 3.05) is 32.0 Å². The molecule has 1 aromatic carbocycles. The summed E-state index contributed by atoms with van der Waals surface area (Å²) in [6.45, 7) is 8.22. The molecule has 0 radical (unpaired) electrons. The Balaban J connectivity index is 1.93. The molecule has 1 fully saturated rings. The Morgan fingerprint density at radius 2 is 2.10 bits per heavy atom. The third kappa shape index (κ3) is 4.87. The Kier molecular flexibility index (Phi) is 7.08. The van der Waals surface area contributed by atoms with E-state index in [0.717, 1.165) is 35.2 Å². The minimum Gasteiger partial charge on any atom is -0.490 e. The number of rotatable bonds is 7. The molecule has 1 aliphatic rings. The predicted octanol–water partition coefficient (Wildman–Crippen LogP) is 3.84. The minimum atomic E-state index is -0.0997. The molecule has 1 amide bonds. The fourth-order valence-electron chi connectivity index (χ4n) is 3.45. The monoisotopic (exact) mass is 462 g/mol. The van der Waals surface area contributed by atoms with E-state index in [4.69, 9.17) is 15.2 Å². The number of nitrogens with two attached hydrogens (primary N) is 1. The molecular weight excluding hydrogens is 436 g/mol. The van der Waals surface area contributed by atoms with E-state index in [9.17, 15) is 4.79 Å². The maximum Gasteiger partial charge on any atom is 0.257 e. The third-order valence-corrected chi connectivity index (χ3v) is 5.65. The number of amides is 1. The topological polar surface area (TPSA) is 90.6 Å². The summed E-state index contributed by atoms with van der Waals surface area (Å²) in [5.74, 6) is 0.764. The van der Waals surface area contributed by atoms with E-state index in [1.165, 1.54) is 0 Å². The van der Waals surface area contributed by atoms with Crippen molar-refractivity contribution in [3.63, 3.8) is 0 Å². The van der Waals surface area contributed by atoms with E-state index in [1.807, 2.05) is 32.0 Å². The van der Waals surface area contributed by atoms with Crippen LogP contribution >= 0.6 is 15.9 Å². The van der Waals surface area contributed by atoms with E-state index in [2.05, 4.69) is 25.9 Å². The first-order valence-electron chi connectivity index (χ1n) is 9.92. The molecule has 0 aliphatic carbocycles. The molecule has 8 heteroatoms. The van der Waals surface area contributed by atoms with Crippen LogP contribution in [-0.2, 0) is 4.74 Å². The van der Waals surface area contributed by atoms with Gasteiger partial charge in [0.25, 0.3) is 5.91 Å². The SMILES string of the molecule is CCN(CC)C(=O)c1c(C)nc(N)nc1-c1ccc(OCC2CCCO2)c(Br)c1. The minimum absolute atomic E-state index is 0.0997. The summed E-state index contributed by atoms with van der Waals surface area (Å²) in [4.78, 5) is 23.4. The maximum absolute atomic E-state index is 13.1. The number of carbonyl (C=O) groups is 1. The third-order valence-electron chi connectivity index (χ3n) is 5.03. The molecular formula is C21H27BrN4O3. The van der Waals surface area contributed by atoms with E-state index >= 15 is 0 Å². The summed E-state index contributed by atoms with van der Waals surface area (Å²) in [5, 5.41) is 0. The smallest absolute Gasteiger partial charge is 0.257 e. The number of aryl methyl sites for hydroxylation is 1. The lowest BCUT2D eigenvalue weighted by molar-refractivity contribution is 0.0677. The van der Waals surface area contributed by atoms with E-state index < -0.39 is 0 Å². The molecule has 7 nitrogen and oxygen atoms in total. The van der Waals surface area contributed by atoms with Gasteiger partial charge in [-0.25, -0.2) is 9.97 Å². The van der Waals surface area contributed by atoms with Gasteiger partial charge < -0.3 is 20.1 Å². The molecule has 1 aromatic heterocycles. The van der Waals surface area contributed by atoms with Gasteiger partial charge in [0.1, 0.15) is 12.4 Å². The van der Waals surface area contributed by atoms with Gasteiger partial charge in [-0.3, -0.25) is 4.79 Å². The normalized spacial score (nSPS) is 16.1. The molecule has 1 aliphatic heterocycles. The molecule has 2 heterocycles. The molecule has 29 heavy (non-hydrogen) atoms. The van der Waals surface area contributed by atoms with Crippen LogP contribution < -0.4 is 10.5 Å². The summed E-state index contributed by atoms with van der Waals surface area (Å²) in [7, 11) is 0. The fraction of sp³-hybridized carbons (Fsp3) is 0.476. The van der Waals surface area contributed by atoms with Gasteiger partial charge in [-0.15, -0.1) is 0 Å². The van der Waals surface area contributed by atoms with Crippen LogP contribution in [0.1, 0.15) is 42.7 Å². The van der Waals surface area contributed by atoms with E-state index in [0.29, 0.717) is 36.6 Å². The van der Waals surface area contributed by atoms with Crippen LogP contribution in [0.3, 0.4) is 0 Å². The summed E-state index contributed by atoms with van der Waals surface area (Å²) in [6, 6.07) is 5.65. The van der Waals surface area contributed by atoms with Gasteiger partial charge in [0.15, 0.2) is 0 Å². The molecule has 3 rings (SSSR count). The number of carbonyl (C=O) groups excluding carboxylic acids is 1. The summed E-state index contributed by atoms with van der Waals surface area (Å²) in [5.41, 5.74) is 8.24. The van der Waals surface area contributed by atoms with Crippen molar-refractivity contribution in [1.29, 1.82) is 0 Å². The van der Waals surface area contributed by atoms with Crippen LogP contribution in [0.5, 0.6) is 5.75 Å². The molecule has 2 aromatic rings. The quantitative estimate of drug-likeness (QED) is 0.671. The van der Waals surface area contributed by atoms with Crippen LogP contribution in [0, 0.1) is 6.92 Å². The van der Waals surface area contributed by atoms with Crippen molar-refractivity contribution >= 4 is 27.8 Å². The van der Waals surface area contributed by atoms with Crippen molar-refractivity contribution in [3.8, 4) is 17.0 Å². The number of benzene rings is 1. The Bertz CT molecular complexity index is 880. The Labute approximate surface area is 179 Å². The second-order valence-corrected chi connectivity index (χ2v) is 7.81. The highest BCUT2D eigenvalue weighted by Crippen LogP contribution is 2.33. The number of hydrogen-bond acceptors (Lipinski definition) is 6. The Hall–Kier alpha value is -2.19. The number of aromatic nitrogens is 2. The first-order chi connectivity index (χ1) is 13.9. The Morgan fingerprint density at radius 3 is 2.72 bits per heavy atom. The summed E-state index contributed by atoms with van der Waals surface area (Å²) in [6.07, 6.45) is 2.24.